The highest BCUT2D eigenvalue weighted by atomic mass is 15.4. The third-order valence-electron chi connectivity index (χ3n) is 2.89. The van der Waals surface area contributed by atoms with E-state index in [1.54, 1.807) is 0 Å². The van der Waals surface area contributed by atoms with E-state index in [-0.39, 0.29) is 5.54 Å². The van der Waals surface area contributed by atoms with Gasteiger partial charge in [-0.3, -0.25) is 10.4 Å². The zero-order chi connectivity index (χ0) is 11.5. The number of hydrazine groups is 1. The first kappa shape index (κ1) is 12.3. The molecule has 0 aliphatic carbocycles. The van der Waals surface area contributed by atoms with Crippen LogP contribution in [0.4, 0.5) is 0 Å². The average Bonchev–Trinajstić information content (AvgIpc) is 2.47. The normalized spacial score (nSPS) is 21.2. The fraction of sp³-hybridized carbons (Fsp3) is 0.909. The van der Waals surface area contributed by atoms with Crippen LogP contribution in [0.25, 0.3) is 0 Å². The lowest BCUT2D eigenvalue weighted by molar-refractivity contribution is 0.272. The second-order valence-corrected chi connectivity index (χ2v) is 5.27. The number of nitrogens with one attached hydrogen (secondary N) is 1. The van der Waals surface area contributed by atoms with Gasteiger partial charge in [-0.25, -0.2) is 5.84 Å². The van der Waals surface area contributed by atoms with Gasteiger partial charge in [-0.2, -0.15) is 0 Å². The maximum atomic E-state index is 5.54. The number of likely N-dealkylation sites (tertiary alicyclic amines) is 1. The van der Waals surface area contributed by atoms with Crippen LogP contribution >= 0.6 is 0 Å². The van der Waals surface area contributed by atoms with Gasteiger partial charge >= 0.3 is 0 Å². The van der Waals surface area contributed by atoms with E-state index >= 15 is 0 Å². The van der Waals surface area contributed by atoms with Crippen LogP contribution in [0.5, 0.6) is 0 Å². The molecule has 0 atom stereocenters. The van der Waals surface area contributed by atoms with Crippen molar-refractivity contribution in [3.8, 4) is 0 Å². The summed E-state index contributed by atoms with van der Waals surface area (Å²) in [5.74, 6) is 6.95. The van der Waals surface area contributed by atoms with Crippen LogP contribution < -0.4 is 11.3 Å². The molecule has 4 nitrogen and oxygen atoms in total. The molecule has 1 saturated heterocycles. The molecule has 15 heavy (non-hydrogen) atoms. The lowest BCUT2D eigenvalue weighted by Gasteiger charge is -2.33. The van der Waals surface area contributed by atoms with Gasteiger partial charge in [0.15, 0.2) is 0 Å². The van der Waals surface area contributed by atoms with Gasteiger partial charge in [0, 0.05) is 18.6 Å². The predicted molar refractivity (Wildman–Crippen MR) is 64.5 cm³/mol. The molecule has 1 fully saturated rings. The number of hydrogen-bond donors (Lipinski definition) is 2. The highest BCUT2D eigenvalue weighted by Crippen LogP contribution is 2.27. The highest BCUT2D eigenvalue weighted by molar-refractivity contribution is 5.80. The van der Waals surface area contributed by atoms with E-state index in [0.29, 0.717) is 5.92 Å². The van der Waals surface area contributed by atoms with E-state index in [0.717, 1.165) is 19.0 Å². The van der Waals surface area contributed by atoms with Crippen molar-refractivity contribution >= 4 is 5.96 Å². The van der Waals surface area contributed by atoms with Gasteiger partial charge in [-0.15, -0.1) is 0 Å². The Kier molecular flexibility index (Phi) is 3.97. The van der Waals surface area contributed by atoms with Crippen LogP contribution in [-0.2, 0) is 0 Å². The molecular formula is C11H24N4. The quantitative estimate of drug-likeness (QED) is 0.314. The minimum Gasteiger partial charge on any atom is -0.337 e. The molecule has 0 saturated carbocycles. The summed E-state index contributed by atoms with van der Waals surface area (Å²) in [6.45, 7) is 10.7. The molecular weight excluding hydrogens is 188 g/mol. The Balaban J connectivity index is 2.69. The topological polar surface area (TPSA) is 53.6 Å². The molecule has 0 amide bonds. The van der Waals surface area contributed by atoms with E-state index in [2.05, 4.69) is 43.0 Å². The summed E-state index contributed by atoms with van der Waals surface area (Å²) in [7, 11) is 0. The summed E-state index contributed by atoms with van der Waals surface area (Å²) < 4.78 is 0. The van der Waals surface area contributed by atoms with E-state index < -0.39 is 0 Å². The Hall–Kier alpha value is -0.770. The van der Waals surface area contributed by atoms with Crippen LogP contribution in [0.3, 0.4) is 0 Å². The lowest BCUT2D eigenvalue weighted by atomic mass is 10.0. The van der Waals surface area contributed by atoms with Gasteiger partial charge in [-0.05, 0) is 32.6 Å². The Morgan fingerprint density at radius 1 is 1.53 bits per heavy atom. The van der Waals surface area contributed by atoms with Crippen molar-refractivity contribution in [2.75, 3.05) is 13.1 Å². The van der Waals surface area contributed by atoms with Crippen molar-refractivity contribution in [3.63, 3.8) is 0 Å². The van der Waals surface area contributed by atoms with Crippen LogP contribution in [0.15, 0.2) is 4.99 Å². The Morgan fingerprint density at radius 2 is 2.20 bits per heavy atom. The molecule has 0 radical (unpaired) electrons. The predicted octanol–water partition coefficient (Wildman–Crippen LogP) is 1.34. The van der Waals surface area contributed by atoms with E-state index in [4.69, 9.17) is 5.84 Å². The van der Waals surface area contributed by atoms with Crippen LogP contribution in [0, 0.1) is 5.92 Å². The molecule has 1 aliphatic heterocycles. The van der Waals surface area contributed by atoms with Gasteiger partial charge in [-0.1, -0.05) is 13.8 Å². The minimum absolute atomic E-state index is 0.183. The van der Waals surface area contributed by atoms with Crippen LogP contribution in [-0.4, -0.2) is 29.5 Å². The van der Waals surface area contributed by atoms with Crippen molar-refractivity contribution in [2.45, 2.75) is 46.1 Å². The molecule has 88 valence electrons. The van der Waals surface area contributed by atoms with Crippen LogP contribution in [0.2, 0.25) is 0 Å². The number of hydrogen-bond acceptors (Lipinski definition) is 2. The summed E-state index contributed by atoms with van der Waals surface area (Å²) in [4.78, 5) is 6.80. The number of nitrogens with two attached hydrogens (primary N) is 1. The van der Waals surface area contributed by atoms with E-state index in [9.17, 15) is 0 Å². The molecule has 4 heteroatoms. The summed E-state index contributed by atoms with van der Waals surface area (Å²) in [6, 6.07) is 0. The zero-order valence-corrected chi connectivity index (χ0v) is 10.4. The highest BCUT2D eigenvalue weighted by Gasteiger charge is 2.33. The van der Waals surface area contributed by atoms with Crippen molar-refractivity contribution in [1.82, 2.24) is 10.3 Å². The largest absolute Gasteiger partial charge is 0.337 e. The number of nitrogens with zero attached hydrogens (tertiary/aromatic N) is 2. The molecule has 1 aliphatic rings. The van der Waals surface area contributed by atoms with E-state index in [1.807, 2.05) is 0 Å². The maximum absolute atomic E-state index is 5.54. The van der Waals surface area contributed by atoms with Gasteiger partial charge < -0.3 is 4.90 Å². The first-order valence-corrected chi connectivity index (χ1v) is 5.76. The van der Waals surface area contributed by atoms with Crippen molar-refractivity contribution in [3.05, 3.63) is 0 Å². The molecule has 0 spiro atoms. The summed E-state index contributed by atoms with van der Waals surface area (Å²) >= 11 is 0. The summed E-state index contributed by atoms with van der Waals surface area (Å²) in [6.07, 6.45) is 2.42. The molecule has 0 bridgehead atoms. The van der Waals surface area contributed by atoms with Gasteiger partial charge in [0.25, 0.3) is 0 Å². The number of aliphatic imine (C=N–C) groups is 1. The monoisotopic (exact) mass is 212 g/mol. The first-order valence-electron chi connectivity index (χ1n) is 5.76. The molecule has 1 rings (SSSR count). The van der Waals surface area contributed by atoms with E-state index in [1.165, 1.54) is 12.8 Å². The fourth-order valence-electron chi connectivity index (χ4n) is 1.98. The fourth-order valence-corrected chi connectivity index (χ4v) is 1.98. The summed E-state index contributed by atoms with van der Waals surface area (Å²) in [5.41, 5.74) is 2.91. The number of guanidine groups is 1. The summed E-state index contributed by atoms with van der Waals surface area (Å²) in [5, 5.41) is 0. The first-order chi connectivity index (χ1) is 6.97. The van der Waals surface area contributed by atoms with Gasteiger partial charge in [0.1, 0.15) is 0 Å². The third kappa shape index (κ3) is 3.09. The average molecular weight is 212 g/mol. The maximum Gasteiger partial charge on any atom is 0.208 e. The SMILES string of the molecule is CC(C)CN=C(NN)N1CCCC1(C)C. The third-order valence-corrected chi connectivity index (χ3v) is 2.89. The van der Waals surface area contributed by atoms with Crippen LogP contribution in [0.1, 0.15) is 40.5 Å². The molecule has 0 aromatic heterocycles. The van der Waals surface area contributed by atoms with Gasteiger partial charge in [0.2, 0.25) is 5.96 Å². The second-order valence-electron chi connectivity index (χ2n) is 5.27. The second kappa shape index (κ2) is 4.84. The Bertz CT molecular complexity index is 233. The smallest absolute Gasteiger partial charge is 0.208 e. The van der Waals surface area contributed by atoms with Crippen molar-refractivity contribution < 1.29 is 0 Å². The zero-order valence-electron chi connectivity index (χ0n) is 10.4. The standard InChI is InChI=1S/C11H24N4/c1-9(2)8-13-10(14-12)15-7-5-6-11(15,3)4/h9H,5-8,12H2,1-4H3,(H,13,14). The molecule has 0 aromatic carbocycles. The molecule has 3 N–H and O–H groups in total. The molecule has 0 aromatic rings. The molecule has 0 unspecified atom stereocenters. The Morgan fingerprint density at radius 3 is 2.60 bits per heavy atom. The van der Waals surface area contributed by atoms with Gasteiger partial charge in [0.05, 0.1) is 0 Å². The minimum atomic E-state index is 0.183. The van der Waals surface area contributed by atoms with Crippen molar-refractivity contribution in [1.29, 1.82) is 0 Å². The molecule has 1 heterocycles. The number of rotatable bonds is 2. The Labute approximate surface area is 92.9 Å². The lowest BCUT2D eigenvalue weighted by Crippen LogP contribution is -2.51. The van der Waals surface area contributed by atoms with Crippen molar-refractivity contribution in [2.24, 2.45) is 16.8 Å².